The van der Waals surface area contributed by atoms with Gasteiger partial charge >= 0.3 is 0 Å². The highest BCUT2D eigenvalue weighted by Gasteiger charge is 2.47. The van der Waals surface area contributed by atoms with Crippen molar-refractivity contribution in [2.75, 3.05) is 19.8 Å². The van der Waals surface area contributed by atoms with E-state index in [0.717, 1.165) is 53.3 Å². The van der Waals surface area contributed by atoms with Gasteiger partial charge in [0, 0.05) is 36.4 Å². The molecule has 1 heterocycles. The lowest BCUT2D eigenvalue weighted by Gasteiger charge is -2.23. The van der Waals surface area contributed by atoms with Crippen LogP contribution in [0.1, 0.15) is 61.0 Å². The molecule has 218 valence electrons. The highest BCUT2D eigenvalue weighted by molar-refractivity contribution is 5.96. The number of aryl methyl sites for hydroxylation is 1. The maximum absolute atomic E-state index is 13.6. The number of benzene rings is 3. The second-order valence-corrected chi connectivity index (χ2v) is 10.9. The van der Waals surface area contributed by atoms with Gasteiger partial charge < -0.3 is 24.3 Å². The number of hydrogen-bond acceptors (Lipinski definition) is 5. The van der Waals surface area contributed by atoms with Crippen LogP contribution in [0, 0.1) is 24.6 Å². The SMILES string of the molecule is CCOc1cc(C[NH+]2CC[C@H]3C(CC(=O)c4cccc(C)c4)CC[C@H]32)cc(OCC)c1-c1ccc(F)cc1.O=C[O-]. The molecule has 1 N–H and O–H groups in total. The summed E-state index contributed by atoms with van der Waals surface area (Å²) in [7, 11) is 0. The summed E-state index contributed by atoms with van der Waals surface area (Å²) >= 11 is 0. The fourth-order valence-corrected chi connectivity index (χ4v) is 6.73. The van der Waals surface area contributed by atoms with Crippen molar-refractivity contribution in [1.82, 2.24) is 0 Å². The zero-order chi connectivity index (χ0) is 29.4. The predicted octanol–water partition coefficient (Wildman–Crippen LogP) is 4.42. The molecule has 0 amide bonds. The number of carbonyl (C=O) groups is 2. The number of ether oxygens (including phenoxy) is 2. The van der Waals surface area contributed by atoms with Crippen molar-refractivity contribution in [3.05, 3.63) is 83.2 Å². The van der Waals surface area contributed by atoms with Crippen LogP contribution >= 0.6 is 0 Å². The lowest BCUT2D eigenvalue weighted by molar-refractivity contribution is -0.927. The van der Waals surface area contributed by atoms with Gasteiger partial charge in [-0.1, -0.05) is 35.9 Å². The Hall–Kier alpha value is -3.71. The van der Waals surface area contributed by atoms with E-state index in [-0.39, 0.29) is 11.6 Å². The minimum atomic E-state index is -0.500. The Kier molecular flexibility index (Phi) is 10.5. The van der Waals surface area contributed by atoms with E-state index >= 15 is 0 Å². The van der Waals surface area contributed by atoms with E-state index in [1.54, 1.807) is 17.0 Å². The summed E-state index contributed by atoms with van der Waals surface area (Å²) in [6.45, 7) is 8.62. The topological polar surface area (TPSA) is 80.1 Å². The van der Waals surface area contributed by atoms with E-state index in [4.69, 9.17) is 19.4 Å². The molecule has 7 heteroatoms. The number of quaternary nitrogens is 1. The lowest BCUT2D eigenvalue weighted by atomic mass is 9.87. The molecule has 2 fully saturated rings. The Morgan fingerprint density at radius 3 is 2.27 bits per heavy atom. The Balaban J connectivity index is 0.00000124. The maximum Gasteiger partial charge on any atom is 0.163 e. The van der Waals surface area contributed by atoms with Crippen LogP contribution in [0.15, 0.2) is 60.7 Å². The Bertz CT molecular complexity index is 1300. The molecule has 2 aliphatic rings. The van der Waals surface area contributed by atoms with Gasteiger partial charge in [0.25, 0.3) is 0 Å². The third-order valence-electron chi connectivity index (χ3n) is 8.37. The number of rotatable bonds is 10. The summed E-state index contributed by atoms with van der Waals surface area (Å²) in [4.78, 5) is 22.9. The summed E-state index contributed by atoms with van der Waals surface area (Å²) in [6.07, 6.45) is 4.15. The first-order valence-electron chi connectivity index (χ1n) is 14.6. The molecule has 1 aliphatic heterocycles. The summed E-state index contributed by atoms with van der Waals surface area (Å²) in [5.41, 5.74) is 4.94. The molecule has 6 nitrogen and oxygen atoms in total. The number of halogens is 1. The van der Waals surface area contributed by atoms with Gasteiger partial charge in [0.15, 0.2) is 5.78 Å². The third kappa shape index (κ3) is 7.33. The highest BCUT2D eigenvalue weighted by Crippen LogP contribution is 2.41. The Labute approximate surface area is 242 Å². The number of Topliss-reactive ketones (excluding diaryl/α,β-unsaturated/α-hetero) is 1. The zero-order valence-corrected chi connectivity index (χ0v) is 24.2. The van der Waals surface area contributed by atoms with Crippen molar-refractivity contribution in [3.8, 4) is 22.6 Å². The molecule has 3 aromatic carbocycles. The first-order chi connectivity index (χ1) is 19.9. The second kappa shape index (κ2) is 14.3. The number of fused-ring (bicyclic) bond motifs is 1. The molecule has 2 unspecified atom stereocenters. The lowest BCUT2D eigenvalue weighted by Crippen LogP contribution is -3.12. The normalized spacial score (nSPS) is 21.0. The molecular weight excluding hydrogens is 521 g/mol. The smallest absolute Gasteiger partial charge is 0.163 e. The van der Waals surface area contributed by atoms with Crippen molar-refractivity contribution in [1.29, 1.82) is 0 Å². The van der Waals surface area contributed by atoms with E-state index in [0.29, 0.717) is 37.5 Å². The average Bonchev–Trinajstić information content (AvgIpc) is 3.53. The Morgan fingerprint density at radius 2 is 1.66 bits per heavy atom. The first-order valence-corrected chi connectivity index (χ1v) is 14.6. The highest BCUT2D eigenvalue weighted by atomic mass is 19.1. The molecule has 0 bridgehead atoms. The van der Waals surface area contributed by atoms with Crippen molar-refractivity contribution < 1.29 is 33.5 Å². The summed E-state index contributed by atoms with van der Waals surface area (Å²) in [6, 6.07) is 19.4. The quantitative estimate of drug-likeness (QED) is 0.293. The largest absolute Gasteiger partial charge is 0.554 e. The number of likely N-dealkylation sites (tertiary alicyclic amines) is 1. The standard InChI is InChI=1S/C33H38FNO3.CH2O2/c1-4-37-31-18-23(19-32(38-5-2)33(31)24-9-12-27(34)13-10-24)21-35-16-15-28-25(11-14-29(28)35)20-30(36)26-8-6-7-22(3)17-26;2-1-3/h6-10,12-13,17-19,25,28-29H,4-5,11,14-16,20-21H2,1-3H3;1H,(H,2,3)/t25?,28-,29+;/m0./s1. The van der Waals surface area contributed by atoms with E-state index in [1.165, 1.54) is 30.5 Å². The minimum absolute atomic E-state index is 0.260. The molecule has 5 rings (SSSR count). The fraction of sp³-hybridized carbons (Fsp3) is 0.412. The first kappa shape index (κ1) is 30.3. The molecule has 0 radical (unpaired) electrons. The average molecular weight is 562 g/mol. The van der Waals surface area contributed by atoms with Gasteiger partial charge in [0.1, 0.15) is 23.9 Å². The van der Waals surface area contributed by atoms with Crippen LogP contribution in [0.2, 0.25) is 0 Å². The van der Waals surface area contributed by atoms with E-state index in [9.17, 15) is 9.18 Å². The van der Waals surface area contributed by atoms with Gasteiger partial charge in [-0.25, -0.2) is 4.39 Å². The van der Waals surface area contributed by atoms with Crippen molar-refractivity contribution >= 4 is 12.3 Å². The van der Waals surface area contributed by atoms with E-state index < -0.39 is 6.47 Å². The van der Waals surface area contributed by atoms with Crippen LogP contribution in [-0.2, 0) is 11.3 Å². The van der Waals surface area contributed by atoms with Crippen LogP contribution in [0.5, 0.6) is 11.5 Å². The third-order valence-corrected chi connectivity index (χ3v) is 8.37. The van der Waals surface area contributed by atoms with Crippen LogP contribution in [0.25, 0.3) is 11.1 Å². The molecule has 41 heavy (non-hydrogen) atoms. The molecule has 3 aromatic rings. The summed E-state index contributed by atoms with van der Waals surface area (Å²) < 4.78 is 25.8. The van der Waals surface area contributed by atoms with Crippen molar-refractivity contribution in [2.45, 2.75) is 59.0 Å². The summed E-state index contributed by atoms with van der Waals surface area (Å²) in [5.74, 6) is 2.67. The van der Waals surface area contributed by atoms with Gasteiger partial charge in [0.05, 0.1) is 31.4 Å². The van der Waals surface area contributed by atoms with Crippen LogP contribution < -0.4 is 19.5 Å². The second-order valence-electron chi connectivity index (χ2n) is 10.9. The Morgan fingerprint density at radius 1 is 1.00 bits per heavy atom. The van der Waals surface area contributed by atoms with Crippen LogP contribution in [0.4, 0.5) is 4.39 Å². The predicted molar refractivity (Wildman–Crippen MR) is 155 cm³/mol. The van der Waals surface area contributed by atoms with Gasteiger partial charge in [-0.3, -0.25) is 4.79 Å². The number of nitrogens with one attached hydrogen (secondary N) is 1. The van der Waals surface area contributed by atoms with Gasteiger partial charge in [0.2, 0.25) is 0 Å². The molecule has 0 aromatic heterocycles. The molecule has 0 spiro atoms. The molecule has 1 saturated heterocycles. The molecule has 1 saturated carbocycles. The zero-order valence-electron chi connectivity index (χ0n) is 24.2. The fourth-order valence-electron chi connectivity index (χ4n) is 6.73. The summed E-state index contributed by atoms with van der Waals surface area (Å²) in [5, 5.41) is 8.25. The van der Waals surface area contributed by atoms with Crippen LogP contribution in [-0.4, -0.2) is 38.1 Å². The van der Waals surface area contributed by atoms with E-state index in [2.05, 4.69) is 12.1 Å². The van der Waals surface area contributed by atoms with Crippen molar-refractivity contribution in [3.63, 3.8) is 0 Å². The van der Waals surface area contributed by atoms with E-state index in [1.807, 2.05) is 45.0 Å². The van der Waals surface area contributed by atoms with Crippen molar-refractivity contribution in [2.24, 2.45) is 11.8 Å². The number of carbonyl (C=O) groups excluding carboxylic acids is 2. The monoisotopic (exact) mass is 561 g/mol. The van der Waals surface area contributed by atoms with Gasteiger partial charge in [-0.05, 0) is 75.4 Å². The number of hydrogen-bond donors (Lipinski definition) is 1. The van der Waals surface area contributed by atoms with Gasteiger partial charge in [-0.15, -0.1) is 0 Å². The number of carboxylic acid groups (broad SMARTS) is 1. The number of ketones is 1. The molecule has 4 atom stereocenters. The molecule has 1 aliphatic carbocycles. The minimum Gasteiger partial charge on any atom is -0.554 e. The van der Waals surface area contributed by atoms with Gasteiger partial charge in [-0.2, -0.15) is 0 Å². The van der Waals surface area contributed by atoms with Crippen LogP contribution in [0.3, 0.4) is 0 Å². The maximum atomic E-state index is 13.6. The molecular formula is C34H40FNO5.